The number of hydrogen-bond donors (Lipinski definition) is 2. The number of imide groups is 1. The van der Waals surface area contributed by atoms with Crippen molar-refractivity contribution in [3.8, 4) is 0 Å². The number of aromatic nitrogens is 2. The third-order valence-electron chi connectivity index (χ3n) is 4.43. The molecule has 1 spiro atoms. The van der Waals surface area contributed by atoms with Crippen LogP contribution in [0.15, 0.2) is 12.4 Å². The van der Waals surface area contributed by atoms with Gasteiger partial charge in [0.15, 0.2) is 12.3 Å². The Hall–Kier alpha value is -3.04. The monoisotopic (exact) mass is 361 g/mol. The number of amides is 4. The molecule has 1 aromatic heterocycles. The number of hydrazine groups is 1. The maximum Gasteiger partial charge on any atom is 0.359 e. The van der Waals surface area contributed by atoms with Crippen molar-refractivity contribution >= 4 is 23.8 Å². The third kappa shape index (κ3) is 3.48. The summed E-state index contributed by atoms with van der Waals surface area (Å²) in [4.78, 5) is 56.1. The van der Waals surface area contributed by atoms with E-state index < -0.39 is 36.0 Å². The Bertz CT molecular complexity index is 742. The number of nitrogens with one attached hydrogen (secondary N) is 2. The molecule has 3 rings (SSSR count). The van der Waals surface area contributed by atoms with Gasteiger partial charge in [0, 0.05) is 6.20 Å². The number of ether oxygens (including phenoxy) is 1. The predicted molar refractivity (Wildman–Crippen MR) is 86.4 cm³/mol. The summed E-state index contributed by atoms with van der Waals surface area (Å²) >= 11 is 0. The van der Waals surface area contributed by atoms with Crippen LogP contribution in [0.4, 0.5) is 4.79 Å². The molecule has 0 bridgehead atoms. The molecule has 1 saturated heterocycles. The van der Waals surface area contributed by atoms with Crippen molar-refractivity contribution in [3.05, 3.63) is 23.8 Å². The van der Waals surface area contributed by atoms with E-state index in [0.717, 1.165) is 19.3 Å². The van der Waals surface area contributed by atoms with Gasteiger partial charge in [-0.1, -0.05) is 19.3 Å². The Kier molecular flexibility index (Phi) is 4.83. The second kappa shape index (κ2) is 7.06. The quantitative estimate of drug-likeness (QED) is 0.580. The molecular formula is C16H19N5O5. The zero-order chi connectivity index (χ0) is 18.7. The van der Waals surface area contributed by atoms with Gasteiger partial charge >= 0.3 is 12.0 Å². The molecule has 0 unspecified atom stereocenters. The van der Waals surface area contributed by atoms with Crippen molar-refractivity contribution in [2.45, 2.75) is 44.6 Å². The summed E-state index contributed by atoms with van der Waals surface area (Å²) in [6.07, 6.45) is 6.41. The van der Waals surface area contributed by atoms with Crippen LogP contribution in [0.5, 0.6) is 0 Å². The Morgan fingerprint density at radius 3 is 2.62 bits per heavy atom. The normalized spacial score (nSPS) is 18.6. The lowest BCUT2D eigenvalue weighted by Crippen LogP contribution is -2.51. The van der Waals surface area contributed by atoms with Gasteiger partial charge in [0.25, 0.3) is 11.8 Å². The van der Waals surface area contributed by atoms with Gasteiger partial charge in [-0.3, -0.25) is 20.0 Å². The highest BCUT2D eigenvalue weighted by Gasteiger charge is 2.52. The SMILES string of the molecule is Cc1cnc(C(=O)OCC(=O)NN2C(=O)NC3(CCCCC3)C2=O)cn1. The Morgan fingerprint density at radius 1 is 1.23 bits per heavy atom. The average Bonchev–Trinajstić information content (AvgIpc) is 2.85. The summed E-state index contributed by atoms with van der Waals surface area (Å²) in [5.41, 5.74) is 1.84. The van der Waals surface area contributed by atoms with Crippen molar-refractivity contribution < 1.29 is 23.9 Å². The van der Waals surface area contributed by atoms with Crippen molar-refractivity contribution in [2.75, 3.05) is 6.61 Å². The summed E-state index contributed by atoms with van der Waals surface area (Å²) in [5.74, 6) is -2.10. The van der Waals surface area contributed by atoms with Crippen LogP contribution in [0.25, 0.3) is 0 Å². The molecule has 1 aromatic rings. The van der Waals surface area contributed by atoms with Crippen LogP contribution in [0.3, 0.4) is 0 Å². The fourth-order valence-electron chi connectivity index (χ4n) is 3.08. The maximum atomic E-state index is 12.5. The highest BCUT2D eigenvalue weighted by Crippen LogP contribution is 2.32. The minimum atomic E-state index is -0.934. The summed E-state index contributed by atoms with van der Waals surface area (Å²) in [6.45, 7) is 1.06. The van der Waals surface area contributed by atoms with Crippen LogP contribution in [0.1, 0.15) is 48.3 Å². The highest BCUT2D eigenvalue weighted by atomic mass is 16.5. The van der Waals surface area contributed by atoms with Gasteiger partial charge < -0.3 is 10.1 Å². The number of carbonyl (C=O) groups excluding carboxylic acids is 4. The van der Waals surface area contributed by atoms with Crippen LogP contribution < -0.4 is 10.7 Å². The fraction of sp³-hybridized carbons (Fsp3) is 0.500. The zero-order valence-corrected chi connectivity index (χ0v) is 14.3. The molecule has 138 valence electrons. The van der Waals surface area contributed by atoms with Gasteiger partial charge in [-0.05, 0) is 19.8 Å². The Balaban J connectivity index is 1.54. The predicted octanol–water partition coefficient (Wildman–Crippen LogP) is 0.228. The number of aryl methyl sites for hydroxylation is 1. The molecular weight excluding hydrogens is 342 g/mol. The van der Waals surface area contributed by atoms with Crippen LogP contribution in [0.2, 0.25) is 0 Å². The summed E-state index contributed by atoms with van der Waals surface area (Å²) in [7, 11) is 0. The van der Waals surface area contributed by atoms with Gasteiger partial charge in [-0.2, -0.15) is 5.01 Å². The number of rotatable bonds is 4. The summed E-state index contributed by atoms with van der Waals surface area (Å²) in [6, 6.07) is -0.680. The molecule has 1 aliphatic carbocycles. The standard InChI is InChI=1S/C16H19N5O5/c1-10-7-18-11(8-17-10)13(23)26-9-12(22)20-21-14(24)16(19-15(21)25)5-3-2-4-6-16/h7-8H,2-6,9H2,1H3,(H,19,25)(H,20,22). The smallest absolute Gasteiger partial charge is 0.359 e. The van der Waals surface area contributed by atoms with Gasteiger partial charge in [-0.15, -0.1) is 0 Å². The number of esters is 1. The number of nitrogens with zero attached hydrogens (tertiary/aromatic N) is 3. The molecule has 0 aromatic carbocycles. The van der Waals surface area contributed by atoms with E-state index in [1.807, 2.05) is 0 Å². The minimum Gasteiger partial charge on any atom is -0.451 e. The van der Waals surface area contributed by atoms with Crippen molar-refractivity contribution in [1.29, 1.82) is 0 Å². The molecule has 2 N–H and O–H groups in total. The second-order valence-corrected chi connectivity index (χ2v) is 6.37. The molecule has 2 aliphatic rings. The lowest BCUT2D eigenvalue weighted by Gasteiger charge is -2.30. The van der Waals surface area contributed by atoms with Crippen molar-refractivity contribution in [2.24, 2.45) is 0 Å². The number of hydrogen-bond acceptors (Lipinski definition) is 7. The van der Waals surface area contributed by atoms with Crippen LogP contribution in [-0.2, 0) is 14.3 Å². The Labute approximate surface area is 149 Å². The molecule has 1 aliphatic heterocycles. The molecule has 26 heavy (non-hydrogen) atoms. The van der Waals surface area contributed by atoms with Crippen molar-refractivity contribution in [1.82, 2.24) is 25.7 Å². The first kappa shape index (κ1) is 17.8. The first-order valence-electron chi connectivity index (χ1n) is 8.33. The largest absolute Gasteiger partial charge is 0.451 e. The van der Waals surface area contributed by atoms with Gasteiger partial charge in [0.1, 0.15) is 5.54 Å². The van der Waals surface area contributed by atoms with E-state index in [1.54, 1.807) is 6.92 Å². The number of urea groups is 1. The average molecular weight is 361 g/mol. The molecule has 4 amide bonds. The van der Waals surface area contributed by atoms with E-state index in [4.69, 9.17) is 4.74 Å². The molecule has 0 atom stereocenters. The minimum absolute atomic E-state index is 0.0421. The summed E-state index contributed by atoms with van der Waals surface area (Å²) < 4.78 is 4.82. The topological polar surface area (TPSA) is 131 Å². The van der Waals surface area contributed by atoms with E-state index in [1.165, 1.54) is 12.4 Å². The van der Waals surface area contributed by atoms with Gasteiger partial charge in [-0.25, -0.2) is 14.6 Å². The molecule has 2 fully saturated rings. The van der Waals surface area contributed by atoms with E-state index in [0.29, 0.717) is 23.5 Å². The second-order valence-electron chi connectivity index (χ2n) is 6.37. The number of carbonyl (C=O) groups is 4. The molecule has 10 heteroatoms. The van der Waals surface area contributed by atoms with E-state index in [-0.39, 0.29) is 5.69 Å². The van der Waals surface area contributed by atoms with Gasteiger partial charge in [0.05, 0.1) is 11.9 Å². The molecule has 2 heterocycles. The third-order valence-corrected chi connectivity index (χ3v) is 4.43. The zero-order valence-electron chi connectivity index (χ0n) is 14.3. The fourth-order valence-corrected chi connectivity index (χ4v) is 3.08. The first-order valence-corrected chi connectivity index (χ1v) is 8.33. The van der Waals surface area contributed by atoms with Crippen LogP contribution in [0, 0.1) is 6.92 Å². The molecule has 1 saturated carbocycles. The van der Waals surface area contributed by atoms with Gasteiger partial charge in [0.2, 0.25) is 0 Å². The first-order chi connectivity index (χ1) is 12.4. The van der Waals surface area contributed by atoms with E-state index in [9.17, 15) is 19.2 Å². The highest BCUT2D eigenvalue weighted by molar-refractivity contribution is 6.08. The van der Waals surface area contributed by atoms with Crippen molar-refractivity contribution in [3.63, 3.8) is 0 Å². The lowest BCUT2D eigenvalue weighted by molar-refractivity contribution is -0.140. The lowest BCUT2D eigenvalue weighted by atomic mass is 9.82. The van der Waals surface area contributed by atoms with E-state index in [2.05, 4.69) is 20.7 Å². The van der Waals surface area contributed by atoms with E-state index >= 15 is 0 Å². The van der Waals surface area contributed by atoms with Crippen LogP contribution >= 0.6 is 0 Å². The summed E-state index contributed by atoms with van der Waals surface area (Å²) in [5, 5.41) is 3.33. The Morgan fingerprint density at radius 2 is 1.96 bits per heavy atom. The molecule has 0 radical (unpaired) electrons. The maximum absolute atomic E-state index is 12.5. The molecule has 10 nitrogen and oxygen atoms in total. The van der Waals surface area contributed by atoms with Crippen LogP contribution in [-0.4, -0.2) is 50.9 Å².